The number of β-amino-alcohol motifs (C(OH)–C–C–N with tert-alkyl or cyclic N) is 1. The first-order valence-corrected chi connectivity index (χ1v) is 5.96. The maximum atomic E-state index is 9.00. The van der Waals surface area contributed by atoms with Crippen molar-refractivity contribution in [3.8, 4) is 0 Å². The summed E-state index contributed by atoms with van der Waals surface area (Å²) in [5.74, 6) is 0. The summed E-state index contributed by atoms with van der Waals surface area (Å²) < 4.78 is 0. The van der Waals surface area contributed by atoms with Crippen molar-refractivity contribution < 1.29 is 5.11 Å². The average Bonchev–Trinajstić information content (AvgIpc) is 2.14. The van der Waals surface area contributed by atoms with Gasteiger partial charge in [-0.2, -0.15) is 0 Å². The first-order chi connectivity index (χ1) is 6.91. The van der Waals surface area contributed by atoms with Gasteiger partial charge in [-0.3, -0.25) is 4.90 Å². The van der Waals surface area contributed by atoms with Crippen molar-refractivity contribution in [2.24, 2.45) is 0 Å². The van der Waals surface area contributed by atoms with Crippen LogP contribution >= 0.6 is 0 Å². The Morgan fingerprint density at radius 3 is 2.07 bits per heavy atom. The lowest BCUT2D eigenvalue weighted by Crippen LogP contribution is -2.44. The molecule has 3 heteroatoms. The molecular weight excluding hydrogens is 188 g/mol. The zero-order valence-electron chi connectivity index (χ0n) is 11.1. The van der Waals surface area contributed by atoms with Gasteiger partial charge in [0.05, 0.1) is 6.61 Å². The molecule has 0 fully saturated rings. The van der Waals surface area contributed by atoms with E-state index >= 15 is 0 Å². The Hall–Kier alpha value is -0.120. The molecule has 0 aliphatic rings. The Labute approximate surface area is 95.1 Å². The Morgan fingerprint density at radius 2 is 1.67 bits per heavy atom. The molecular formula is C12H28N2O. The van der Waals surface area contributed by atoms with E-state index in [9.17, 15) is 0 Å². The molecule has 92 valence electrons. The number of nitrogens with zero attached hydrogens (tertiary/aromatic N) is 2. The second kappa shape index (κ2) is 7.20. The first-order valence-electron chi connectivity index (χ1n) is 5.96. The summed E-state index contributed by atoms with van der Waals surface area (Å²) in [6, 6.07) is 0. The van der Waals surface area contributed by atoms with Gasteiger partial charge in [0.25, 0.3) is 0 Å². The smallest absolute Gasteiger partial charge is 0.0558 e. The number of rotatable bonds is 7. The summed E-state index contributed by atoms with van der Waals surface area (Å²) in [5, 5.41) is 9.00. The van der Waals surface area contributed by atoms with Crippen LogP contribution in [0.15, 0.2) is 0 Å². The van der Waals surface area contributed by atoms with Crippen LogP contribution in [0.25, 0.3) is 0 Å². The molecule has 0 amide bonds. The van der Waals surface area contributed by atoms with Crippen LogP contribution in [-0.2, 0) is 0 Å². The number of hydrogen-bond acceptors (Lipinski definition) is 3. The summed E-state index contributed by atoms with van der Waals surface area (Å²) in [6.45, 7) is 13.1. The minimum absolute atomic E-state index is 0.160. The van der Waals surface area contributed by atoms with Gasteiger partial charge < -0.3 is 10.0 Å². The Bertz CT molecular complexity index is 154. The van der Waals surface area contributed by atoms with E-state index in [4.69, 9.17) is 5.11 Å². The van der Waals surface area contributed by atoms with Crippen molar-refractivity contribution >= 4 is 0 Å². The van der Waals surface area contributed by atoms with Crippen molar-refractivity contribution in [2.75, 3.05) is 39.8 Å². The molecule has 0 aromatic carbocycles. The molecule has 0 saturated heterocycles. The molecule has 0 aromatic heterocycles. The highest BCUT2D eigenvalue weighted by Gasteiger charge is 2.19. The second-order valence-electron chi connectivity index (χ2n) is 5.13. The molecule has 0 rings (SSSR count). The van der Waals surface area contributed by atoms with E-state index in [-0.39, 0.29) is 12.1 Å². The molecule has 0 aliphatic heterocycles. The number of hydrogen-bond donors (Lipinski definition) is 1. The zero-order chi connectivity index (χ0) is 11.9. The largest absolute Gasteiger partial charge is 0.395 e. The third kappa shape index (κ3) is 6.88. The van der Waals surface area contributed by atoms with Gasteiger partial charge in [-0.15, -0.1) is 0 Å². The zero-order valence-corrected chi connectivity index (χ0v) is 11.1. The molecule has 0 bridgehead atoms. The quantitative estimate of drug-likeness (QED) is 0.697. The van der Waals surface area contributed by atoms with E-state index in [0.717, 1.165) is 26.2 Å². The van der Waals surface area contributed by atoms with Crippen molar-refractivity contribution in [1.29, 1.82) is 0 Å². The van der Waals surface area contributed by atoms with Crippen molar-refractivity contribution in [3.63, 3.8) is 0 Å². The lowest BCUT2D eigenvalue weighted by Gasteiger charge is -2.35. The van der Waals surface area contributed by atoms with Gasteiger partial charge in [-0.25, -0.2) is 0 Å². The molecule has 0 atom stereocenters. The van der Waals surface area contributed by atoms with Crippen LogP contribution in [0, 0.1) is 0 Å². The van der Waals surface area contributed by atoms with Crippen LogP contribution in [0.4, 0.5) is 0 Å². The van der Waals surface area contributed by atoms with Gasteiger partial charge >= 0.3 is 0 Å². The Morgan fingerprint density at radius 1 is 1.07 bits per heavy atom. The first kappa shape index (κ1) is 14.9. The minimum atomic E-state index is 0.160. The monoisotopic (exact) mass is 216 g/mol. The van der Waals surface area contributed by atoms with Crippen molar-refractivity contribution in [2.45, 2.75) is 39.7 Å². The summed E-state index contributed by atoms with van der Waals surface area (Å²) in [6.07, 6.45) is 1.17. The van der Waals surface area contributed by atoms with E-state index in [1.165, 1.54) is 6.42 Å². The fourth-order valence-electron chi connectivity index (χ4n) is 1.59. The van der Waals surface area contributed by atoms with Crippen LogP contribution in [0.1, 0.15) is 34.1 Å². The molecule has 15 heavy (non-hydrogen) atoms. The summed E-state index contributed by atoms with van der Waals surface area (Å²) in [5.41, 5.74) is 0.160. The number of aliphatic hydroxyl groups is 1. The van der Waals surface area contributed by atoms with E-state index in [1.54, 1.807) is 0 Å². The molecule has 0 aliphatic carbocycles. The molecule has 0 radical (unpaired) electrons. The second-order valence-corrected chi connectivity index (χ2v) is 5.13. The van der Waals surface area contributed by atoms with Crippen molar-refractivity contribution in [1.82, 2.24) is 9.80 Å². The van der Waals surface area contributed by atoms with Crippen LogP contribution in [0.2, 0.25) is 0 Å². The lowest BCUT2D eigenvalue weighted by atomic mass is 10.1. The van der Waals surface area contributed by atoms with E-state index < -0.39 is 0 Å². The van der Waals surface area contributed by atoms with Crippen LogP contribution in [-0.4, -0.2) is 60.3 Å². The normalized spacial score (nSPS) is 12.8. The van der Waals surface area contributed by atoms with Crippen LogP contribution in [0.5, 0.6) is 0 Å². The van der Waals surface area contributed by atoms with E-state index in [1.807, 2.05) is 0 Å². The highest BCUT2D eigenvalue weighted by atomic mass is 16.3. The van der Waals surface area contributed by atoms with E-state index in [2.05, 4.69) is 44.5 Å². The highest BCUT2D eigenvalue weighted by molar-refractivity contribution is 4.76. The standard InChI is InChI=1S/C12H28N2O/c1-6-13(5)8-7-9-14(10-11-15)12(2,3)4/h15H,6-11H2,1-5H3. The maximum Gasteiger partial charge on any atom is 0.0558 e. The lowest BCUT2D eigenvalue weighted by molar-refractivity contribution is 0.101. The molecule has 0 aromatic rings. The fourth-order valence-corrected chi connectivity index (χ4v) is 1.59. The minimum Gasteiger partial charge on any atom is -0.395 e. The predicted molar refractivity (Wildman–Crippen MR) is 66.2 cm³/mol. The molecule has 0 saturated carbocycles. The molecule has 0 spiro atoms. The summed E-state index contributed by atoms with van der Waals surface area (Å²) in [4.78, 5) is 4.66. The van der Waals surface area contributed by atoms with Gasteiger partial charge in [0, 0.05) is 12.1 Å². The molecule has 1 N–H and O–H groups in total. The summed E-state index contributed by atoms with van der Waals surface area (Å²) in [7, 11) is 2.15. The Kier molecular flexibility index (Phi) is 7.14. The van der Waals surface area contributed by atoms with Crippen molar-refractivity contribution in [3.05, 3.63) is 0 Å². The van der Waals surface area contributed by atoms with Gasteiger partial charge in [0.2, 0.25) is 0 Å². The summed E-state index contributed by atoms with van der Waals surface area (Å²) >= 11 is 0. The topological polar surface area (TPSA) is 26.7 Å². The van der Waals surface area contributed by atoms with Crippen LogP contribution < -0.4 is 0 Å². The Balaban J connectivity index is 3.87. The van der Waals surface area contributed by atoms with Gasteiger partial charge in [-0.1, -0.05) is 6.92 Å². The predicted octanol–water partition coefficient (Wildman–Crippen LogP) is 1.42. The maximum absolute atomic E-state index is 9.00. The van der Waals surface area contributed by atoms with Crippen LogP contribution in [0.3, 0.4) is 0 Å². The molecule has 0 heterocycles. The third-order valence-corrected chi connectivity index (χ3v) is 2.83. The van der Waals surface area contributed by atoms with Gasteiger partial charge in [0.15, 0.2) is 0 Å². The molecule has 0 unspecified atom stereocenters. The van der Waals surface area contributed by atoms with Gasteiger partial charge in [-0.05, 0) is 53.9 Å². The fraction of sp³-hybridized carbons (Fsp3) is 1.00. The third-order valence-electron chi connectivity index (χ3n) is 2.83. The van der Waals surface area contributed by atoms with E-state index in [0.29, 0.717) is 0 Å². The molecule has 3 nitrogen and oxygen atoms in total. The SMILES string of the molecule is CCN(C)CCCN(CCO)C(C)(C)C. The van der Waals surface area contributed by atoms with Gasteiger partial charge in [0.1, 0.15) is 0 Å². The average molecular weight is 216 g/mol. The highest BCUT2D eigenvalue weighted by Crippen LogP contribution is 2.12. The number of aliphatic hydroxyl groups excluding tert-OH is 1.